The summed E-state index contributed by atoms with van der Waals surface area (Å²) in [6.07, 6.45) is -4.12. The standard InChI is InChI=1S/C27H29F3N7O5P/c1-35-8-10-37(11-9-35)21-7-6-20(23-17(21)14-36(2)25(23)38)32-24-18(27(28,29)30)13-31-26(34-24)33-19-5-4-16(12-22(19)41-3)15-42-43(39)40/h4-7,12-13H,8-11,14-15H2,1-3H3,(H2-,31,32,33,34,38,39,40)/p+1. The number of hydrogen-bond donors (Lipinski definition) is 3. The number of carbonyl (C=O) groups excluding carboxylic acids is 1. The van der Waals surface area contributed by atoms with Crippen LogP contribution in [0.15, 0.2) is 36.5 Å². The fourth-order valence-corrected chi connectivity index (χ4v) is 5.30. The van der Waals surface area contributed by atoms with Gasteiger partial charge in [-0.2, -0.15) is 18.2 Å². The van der Waals surface area contributed by atoms with Crippen LogP contribution in [0.5, 0.6) is 5.75 Å². The fourth-order valence-electron chi connectivity index (χ4n) is 5.04. The van der Waals surface area contributed by atoms with Crippen LogP contribution >= 0.6 is 8.25 Å². The lowest BCUT2D eigenvalue weighted by atomic mass is 10.0. The number of nitrogens with one attached hydrogen (secondary N) is 2. The van der Waals surface area contributed by atoms with Crippen molar-refractivity contribution in [2.75, 3.05) is 62.9 Å². The number of piperazine rings is 1. The van der Waals surface area contributed by atoms with Gasteiger partial charge in [0.05, 0.1) is 24.0 Å². The van der Waals surface area contributed by atoms with E-state index in [4.69, 9.17) is 14.2 Å². The number of halogens is 3. The van der Waals surface area contributed by atoms with Crippen molar-refractivity contribution in [2.24, 2.45) is 0 Å². The van der Waals surface area contributed by atoms with Gasteiger partial charge in [-0.3, -0.25) is 4.79 Å². The molecule has 12 nitrogen and oxygen atoms in total. The minimum Gasteiger partial charge on any atom is -0.495 e. The maximum absolute atomic E-state index is 14.1. The van der Waals surface area contributed by atoms with Gasteiger partial charge in [0.2, 0.25) is 5.95 Å². The summed E-state index contributed by atoms with van der Waals surface area (Å²) in [6, 6.07) is 8.12. The van der Waals surface area contributed by atoms with Crippen LogP contribution in [-0.2, 0) is 28.4 Å². The van der Waals surface area contributed by atoms with Gasteiger partial charge in [-0.15, -0.1) is 9.42 Å². The highest BCUT2D eigenvalue weighted by atomic mass is 31.1. The van der Waals surface area contributed by atoms with E-state index in [0.29, 0.717) is 29.6 Å². The van der Waals surface area contributed by atoms with Crippen LogP contribution in [0.25, 0.3) is 0 Å². The number of hydrogen-bond acceptors (Lipinski definition) is 10. The SMILES string of the molecule is COc1cc(CO[P+](=O)O)ccc1Nc1ncc(C(F)(F)F)c(Nc2ccc(N3CCN(C)CC3)c3c2C(=O)N(C)C3)n1. The first kappa shape index (κ1) is 30.4. The summed E-state index contributed by atoms with van der Waals surface area (Å²) in [7, 11) is 2.29. The highest BCUT2D eigenvalue weighted by molar-refractivity contribution is 7.32. The Morgan fingerprint density at radius 2 is 1.79 bits per heavy atom. The molecule has 0 bridgehead atoms. The van der Waals surface area contributed by atoms with E-state index in [0.717, 1.165) is 37.4 Å². The predicted molar refractivity (Wildman–Crippen MR) is 153 cm³/mol. The quantitative estimate of drug-likeness (QED) is 0.292. The molecule has 1 fully saturated rings. The average molecular weight is 621 g/mol. The van der Waals surface area contributed by atoms with Gasteiger partial charge in [-0.05, 0) is 36.9 Å². The van der Waals surface area contributed by atoms with Gasteiger partial charge in [-0.25, -0.2) is 4.98 Å². The molecular weight excluding hydrogens is 590 g/mol. The minimum atomic E-state index is -4.78. The number of likely N-dealkylation sites (N-methyl/N-ethyl adjacent to an activating group) is 1. The molecule has 0 spiro atoms. The Morgan fingerprint density at radius 1 is 1.07 bits per heavy atom. The molecule has 0 radical (unpaired) electrons. The van der Waals surface area contributed by atoms with Crippen molar-refractivity contribution < 1.29 is 36.7 Å². The molecule has 3 heterocycles. The van der Waals surface area contributed by atoms with Gasteiger partial charge in [0.25, 0.3) is 5.91 Å². The predicted octanol–water partition coefficient (Wildman–Crippen LogP) is 4.49. The molecule has 0 saturated carbocycles. The van der Waals surface area contributed by atoms with Gasteiger partial charge in [-0.1, -0.05) is 6.07 Å². The Bertz CT molecular complexity index is 1550. The average Bonchev–Trinajstić information content (AvgIpc) is 3.26. The Morgan fingerprint density at radius 3 is 2.47 bits per heavy atom. The monoisotopic (exact) mass is 620 g/mol. The second-order valence-electron chi connectivity index (χ2n) is 10.2. The number of ether oxygens (including phenoxy) is 1. The largest absolute Gasteiger partial charge is 0.695 e. The van der Waals surface area contributed by atoms with Crippen LogP contribution in [0.2, 0.25) is 0 Å². The van der Waals surface area contributed by atoms with E-state index in [-0.39, 0.29) is 29.9 Å². The zero-order chi connectivity index (χ0) is 30.9. The lowest BCUT2D eigenvalue weighted by Gasteiger charge is -2.35. The molecule has 5 rings (SSSR count). The summed E-state index contributed by atoms with van der Waals surface area (Å²) in [5.74, 6) is -0.713. The Balaban J connectivity index is 1.48. The van der Waals surface area contributed by atoms with Gasteiger partial charge in [0.1, 0.15) is 23.7 Å². The summed E-state index contributed by atoms with van der Waals surface area (Å²) in [6.45, 7) is 3.44. The van der Waals surface area contributed by atoms with Crippen LogP contribution in [0.1, 0.15) is 27.0 Å². The molecule has 1 aromatic heterocycles. The molecule has 1 amide bonds. The van der Waals surface area contributed by atoms with Crippen molar-refractivity contribution in [3.05, 3.63) is 58.8 Å². The lowest BCUT2D eigenvalue weighted by Crippen LogP contribution is -2.44. The van der Waals surface area contributed by atoms with Gasteiger partial charge >= 0.3 is 14.4 Å². The Hall–Kier alpha value is -4.04. The third-order valence-electron chi connectivity index (χ3n) is 7.29. The van der Waals surface area contributed by atoms with E-state index >= 15 is 0 Å². The second kappa shape index (κ2) is 12.3. The molecule has 2 aliphatic rings. The van der Waals surface area contributed by atoms with Crippen LogP contribution in [0.4, 0.5) is 42.0 Å². The molecular formula is C27H30F3N7O5P+. The van der Waals surface area contributed by atoms with Gasteiger partial charge in [0, 0.05) is 61.8 Å². The van der Waals surface area contributed by atoms with Crippen LogP contribution in [0, 0.1) is 0 Å². The molecule has 3 aromatic rings. The van der Waals surface area contributed by atoms with E-state index in [1.807, 2.05) is 13.1 Å². The summed E-state index contributed by atoms with van der Waals surface area (Å²) in [5, 5.41) is 5.63. The first-order valence-electron chi connectivity index (χ1n) is 13.2. The number of alkyl halides is 3. The number of amides is 1. The van der Waals surface area contributed by atoms with E-state index in [9.17, 15) is 22.5 Å². The number of anilines is 5. The van der Waals surface area contributed by atoms with Crippen LogP contribution in [0.3, 0.4) is 0 Å². The molecule has 16 heteroatoms. The molecule has 1 saturated heterocycles. The highest BCUT2D eigenvalue weighted by Crippen LogP contribution is 2.40. The lowest BCUT2D eigenvalue weighted by molar-refractivity contribution is -0.137. The summed E-state index contributed by atoms with van der Waals surface area (Å²) in [5.41, 5.74) is 1.91. The highest BCUT2D eigenvalue weighted by Gasteiger charge is 2.37. The topological polar surface area (TPSA) is 132 Å². The smallest absolute Gasteiger partial charge is 0.495 e. The molecule has 43 heavy (non-hydrogen) atoms. The molecule has 0 aliphatic carbocycles. The van der Waals surface area contributed by atoms with E-state index < -0.39 is 25.8 Å². The summed E-state index contributed by atoms with van der Waals surface area (Å²) < 4.78 is 63.1. The minimum absolute atomic E-state index is 0.154. The Labute approximate surface area is 246 Å². The summed E-state index contributed by atoms with van der Waals surface area (Å²) >= 11 is 0. The van der Waals surface area contributed by atoms with E-state index in [1.165, 1.54) is 18.1 Å². The van der Waals surface area contributed by atoms with Crippen molar-refractivity contribution in [2.45, 2.75) is 19.3 Å². The van der Waals surface area contributed by atoms with Crippen molar-refractivity contribution in [3.8, 4) is 5.75 Å². The van der Waals surface area contributed by atoms with Gasteiger partial charge < -0.3 is 30.1 Å². The first-order chi connectivity index (χ1) is 20.4. The third kappa shape index (κ3) is 6.64. The van der Waals surface area contributed by atoms with E-state index in [2.05, 4.69) is 30.4 Å². The molecule has 2 aliphatic heterocycles. The maximum Gasteiger partial charge on any atom is 0.695 e. The number of rotatable bonds is 9. The number of aromatic nitrogens is 2. The Kier molecular flexibility index (Phi) is 8.69. The zero-order valence-electron chi connectivity index (χ0n) is 23.6. The number of carbonyl (C=O) groups is 1. The molecule has 1 atom stereocenters. The van der Waals surface area contributed by atoms with Crippen molar-refractivity contribution >= 4 is 43.0 Å². The zero-order valence-corrected chi connectivity index (χ0v) is 24.5. The number of nitrogens with zero attached hydrogens (tertiary/aromatic N) is 5. The first-order valence-corrected chi connectivity index (χ1v) is 14.4. The number of benzene rings is 2. The van der Waals surface area contributed by atoms with Crippen LogP contribution in [-0.4, -0.2) is 78.0 Å². The second-order valence-corrected chi connectivity index (χ2v) is 10.9. The van der Waals surface area contributed by atoms with Crippen molar-refractivity contribution in [3.63, 3.8) is 0 Å². The molecule has 228 valence electrons. The number of fused-ring (bicyclic) bond motifs is 1. The molecule has 2 aromatic carbocycles. The normalized spacial score (nSPS) is 15.9. The molecule has 3 N–H and O–H groups in total. The third-order valence-corrected chi connectivity index (χ3v) is 7.64. The number of methoxy groups -OCH3 is 1. The van der Waals surface area contributed by atoms with Crippen molar-refractivity contribution in [1.82, 2.24) is 19.8 Å². The fraction of sp³-hybridized carbons (Fsp3) is 0.370. The summed E-state index contributed by atoms with van der Waals surface area (Å²) in [4.78, 5) is 36.0. The van der Waals surface area contributed by atoms with Crippen LogP contribution < -0.4 is 20.3 Å². The van der Waals surface area contributed by atoms with Gasteiger partial charge in [0.15, 0.2) is 0 Å². The van der Waals surface area contributed by atoms with E-state index in [1.54, 1.807) is 25.2 Å². The van der Waals surface area contributed by atoms with Crippen molar-refractivity contribution in [1.29, 1.82) is 0 Å². The molecule has 1 unspecified atom stereocenters. The maximum atomic E-state index is 14.1.